The maximum absolute atomic E-state index is 11.3. The van der Waals surface area contributed by atoms with Crippen LogP contribution in [0.5, 0.6) is 0 Å². The first-order valence-corrected chi connectivity index (χ1v) is 5.82. The maximum Gasteiger partial charge on any atom is 0.314 e. The van der Waals surface area contributed by atoms with Crippen molar-refractivity contribution in [3.63, 3.8) is 0 Å². The molecule has 88 valence electrons. The van der Waals surface area contributed by atoms with E-state index in [1.165, 1.54) is 0 Å². The molecule has 0 heterocycles. The summed E-state index contributed by atoms with van der Waals surface area (Å²) < 4.78 is 0. The molecule has 1 fully saturated rings. The van der Waals surface area contributed by atoms with Gasteiger partial charge in [0, 0.05) is 18.5 Å². The van der Waals surface area contributed by atoms with Gasteiger partial charge in [-0.15, -0.1) is 0 Å². The minimum Gasteiger partial charge on any atom is -0.393 e. The average Bonchev–Trinajstić information content (AvgIpc) is 2.15. The average molecular weight is 214 g/mol. The molecule has 1 saturated carbocycles. The van der Waals surface area contributed by atoms with Crippen LogP contribution in [0, 0.1) is 5.92 Å². The molecule has 0 aromatic rings. The molecule has 1 aliphatic rings. The summed E-state index contributed by atoms with van der Waals surface area (Å²) in [6.07, 6.45) is 3.92. The van der Waals surface area contributed by atoms with Crippen molar-refractivity contribution in [3.8, 4) is 0 Å². The van der Waals surface area contributed by atoms with Gasteiger partial charge in [-0.2, -0.15) is 0 Å². The predicted octanol–water partition coefficient (Wildman–Crippen LogP) is 1.25. The molecule has 0 saturated heterocycles. The quantitative estimate of drug-likeness (QED) is 0.662. The van der Waals surface area contributed by atoms with E-state index < -0.39 is 0 Å². The van der Waals surface area contributed by atoms with Gasteiger partial charge in [0.05, 0.1) is 6.10 Å². The lowest BCUT2D eigenvalue weighted by atomic mass is 9.86. The SMILES string of the molecule is CC(C)NC(=O)NCC1CCCCC1O. The number of aliphatic hydroxyl groups excluding tert-OH is 1. The van der Waals surface area contributed by atoms with E-state index in [2.05, 4.69) is 10.6 Å². The van der Waals surface area contributed by atoms with Gasteiger partial charge in [0.15, 0.2) is 0 Å². The summed E-state index contributed by atoms with van der Waals surface area (Å²) in [6, 6.07) is 0.0176. The first kappa shape index (κ1) is 12.3. The Kier molecular flexibility index (Phi) is 4.88. The van der Waals surface area contributed by atoms with Crippen LogP contribution in [0.4, 0.5) is 4.79 Å². The van der Waals surface area contributed by atoms with Gasteiger partial charge in [-0.25, -0.2) is 4.79 Å². The number of aliphatic hydroxyl groups is 1. The zero-order valence-corrected chi connectivity index (χ0v) is 9.62. The Morgan fingerprint density at radius 3 is 2.67 bits per heavy atom. The second-order valence-electron chi connectivity index (χ2n) is 4.62. The highest BCUT2D eigenvalue weighted by molar-refractivity contribution is 5.74. The molecular formula is C11H22N2O2. The number of urea groups is 1. The van der Waals surface area contributed by atoms with Gasteiger partial charge in [0.2, 0.25) is 0 Å². The minimum absolute atomic E-state index is 0.136. The Bertz CT molecular complexity index is 207. The third-order valence-corrected chi connectivity index (χ3v) is 2.81. The molecule has 0 radical (unpaired) electrons. The molecule has 1 rings (SSSR count). The monoisotopic (exact) mass is 214 g/mol. The van der Waals surface area contributed by atoms with Crippen molar-refractivity contribution in [3.05, 3.63) is 0 Å². The van der Waals surface area contributed by atoms with E-state index in [1.807, 2.05) is 13.8 Å². The number of nitrogens with one attached hydrogen (secondary N) is 2. The third kappa shape index (κ3) is 4.51. The number of rotatable bonds is 3. The van der Waals surface area contributed by atoms with Crippen molar-refractivity contribution in [1.82, 2.24) is 10.6 Å². The second kappa shape index (κ2) is 5.95. The number of hydrogen-bond donors (Lipinski definition) is 3. The summed E-state index contributed by atoms with van der Waals surface area (Å²) >= 11 is 0. The number of hydrogen-bond acceptors (Lipinski definition) is 2. The fraction of sp³-hybridized carbons (Fsp3) is 0.909. The van der Waals surface area contributed by atoms with Crippen LogP contribution in [-0.4, -0.2) is 29.8 Å². The zero-order chi connectivity index (χ0) is 11.3. The fourth-order valence-electron chi connectivity index (χ4n) is 1.96. The van der Waals surface area contributed by atoms with Crippen molar-refractivity contribution in [2.24, 2.45) is 5.92 Å². The molecule has 3 N–H and O–H groups in total. The van der Waals surface area contributed by atoms with Crippen molar-refractivity contribution in [2.75, 3.05) is 6.54 Å². The number of carbonyl (C=O) groups excluding carboxylic acids is 1. The lowest BCUT2D eigenvalue weighted by molar-refractivity contribution is 0.0708. The Balaban J connectivity index is 2.20. The van der Waals surface area contributed by atoms with Crippen molar-refractivity contribution >= 4 is 6.03 Å². The summed E-state index contributed by atoms with van der Waals surface area (Å²) in [6.45, 7) is 4.43. The summed E-state index contributed by atoms with van der Waals surface area (Å²) in [4.78, 5) is 11.3. The van der Waals surface area contributed by atoms with Gasteiger partial charge in [-0.05, 0) is 26.7 Å². The maximum atomic E-state index is 11.3. The van der Waals surface area contributed by atoms with E-state index in [9.17, 15) is 9.90 Å². The van der Waals surface area contributed by atoms with E-state index in [0.717, 1.165) is 25.7 Å². The van der Waals surface area contributed by atoms with Crippen LogP contribution in [0.3, 0.4) is 0 Å². The fourth-order valence-corrected chi connectivity index (χ4v) is 1.96. The van der Waals surface area contributed by atoms with E-state index in [-0.39, 0.29) is 24.1 Å². The van der Waals surface area contributed by atoms with Crippen LogP contribution in [0.15, 0.2) is 0 Å². The molecule has 0 aromatic heterocycles. The lowest BCUT2D eigenvalue weighted by Crippen LogP contribution is -2.43. The van der Waals surface area contributed by atoms with Crippen molar-refractivity contribution < 1.29 is 9.90 Å². The highest BCUT2D eigenvalue weighted by Crippen LogP contribution is 2.23. The highest BCUT2D eigenvalue weighted by atomic mass is 16.3. The molecule has 1 aliphatic carbocycles. The van der Waals surface area contributed by atoms with Crippen LogP contribution in [0.25, 0.3) is 0 Å². The number of carbonyl (C=O) groups is 1. The molecule has 4 heteroatoms. The Hall–Kier alpha value is -0.770. The molecule has 2 amide bonds. The smallest absolute Gasteiger partial charge is 0.314 e. The molecular weight excluding hydrogens is 192 g/mol. The van der Waals surface area contributed by atoms with Crippen LogP contribution < -0.4 is 10.6 Å². The molecule has 2 atom stereocenters. The van der Waals surface area contributed by atoms with Crippen LogP contribution in [-0.2, 0) is 0 Å². The van der Waals surface area contributed by atoms with E-state index in [1.54, 1.807) is 0 Å². The van der Waals surface area contributed by atoms with Crippen molar-refractivity contribution in [2.45, 2.75) is 51.7 Å². The van der Waals surface area contributed by atoms with Gasteiger partial charge < -0.3 is 15.7 Å². The van der Waals surface area contributed by atoms with Gasteiger partial charge in [0.1, 0.15) is 0 Å². The topological polar surface area (TPSA) is 61.4 Å². The molecule has 0 aliphatic heterocycles. The molecule has 0 bridgehead atoms. The summed E-state index contributed by atoms with van der Waals surface area (Å²) in [5.74, 6) is 0.233. The van der Waals surface area contributed by atoms with Gasteiger partial charge in [0.25, 0.3) is 0 Å². The molecule has 0 aromatic carbocycles. The normalized spacial score (nSPS) is 26.4. The highest BCUT2D eigenvalue weighted by Gasteiger charge is 2.23. The molecule has 2 unspecified atom stereocenters. The Labute approximate surface area is 91.4 Å². The standard InChI is InChI=1S/C11H22N2O2/c1-8(2)13-11(15)12-7-9-5-3-4-6-10(9)14/h8-10,14H,3-7H2,1-2H3,(H2,12,13,15). The Morgan fingerprint density at radius 1 is 1.40 bits per heavy atom. The largest absolute Gasteiger partial charge is 0.393 e. The van der Waals surface area contributed by atoms with Gasteiger partial charge in [-0.1, -0.05) is 12.8 Å². The van der Waals surface area contributed by atoms with Crippen LogP contribution >= 0.6 is 0 Å². The van der Waals surface area contributed by atoms with Crippen LogP contribution in [0.2, 0.25) is 0 Å². The van der Waals surface area contributed by atoms with Gasteiger partial charge >= 0.3 is 6.03 Å². The predicted molar refractivity (Wildman–Crippen MR) is 59.6 cm³/mol. The zero-order valence-electron chi connectivity index (χ0n) is 9.62. The van der Waals surface area contributed by atoms with Gasteiger partial charge in [-0.3, -0.25) is 0 Å². The first-order valence-electron chi connectivity index (χ1n) is 5.82. The minimum atomic E-state index is -0.238. The number of amides is 2. The summed E-state index contributed by atoms with van der Waals surface area (Å²) in [7, 11) is 0. The summed E-state index contributed by atoms with van der Waals surface area (Å²) in [5, 5.41) is 15.3. The van der Waals surface area contributed by atoms with Crippen molar-refractivity contribution in [1.29, 1.82) is 0 Å². The van der Waals surface area contributed by atoms with E-state index >= 15 is 0 Å². The lowest BCUT2D eigenvalue weighted by Gasteiger charge is -2.27. The van der Waals surface area contributed by atoms with Crippen LogP contribution in [0.1, 0.15) is 39.5 Å². The Morgan fingerprint density at radius 2 is 2.07 bits per heavy atom. The second-order valence-corrected chi connectivity index (χ2v) is 4.62. The molecule has 15 heavy (non-hydrogen) atoms. The van der Waals surface area contributed by atoms with E-state index in [0.29, 0.717) is 6.54 Å². The first-order chi connectivity index (χ1) is 7.09. The molecule has 0 spiro atoms. The summed E-state index contributed by atoms with van der Waals surface area (Å²) in [5.41, 5.74) is 0. The van der Waals surface area contributed by atoms with E-state index in [4.69, 9.17) is 0 Å². The molecule has 4 nitrogen and oxygen atoms in total. The third-order valence-electron chi connectivity index (χ3n) is 2.81.